The van der Waals surface area contributed by atoms with Gasteiger partial charge >= 0.3 is 5.97 Å². The Hall–Kier alpha value is -3.23. The fourth-order valence-electron chi connectivity index (χ4n) is 3.28. The van der Waals surface area contributed by atoms with Crippen molar-refractivity contribution in [1.29, 1.82) is 0 Å². The number of likely N-dealkylation sites (tertiary alicyclic amines) is 1. The summed E-state index contributed by atoms with van der Waals surface area (Å²) in [5, 5.41) is 4.17. The van der Waals surface area contributed by atoms with Gasteiger partial charge in [-0.3, -0.25) is 14.4 Å². The van der Waals surface area contributed by atoms with Gasteiger partial charge in [-0.25, -0.2) is 4.39 Å². The van der Waals surface area contributed by atoms with Crippen molar-refractivity contribution in [3.05, 3.63) is 52.2 Å². The standard InChI is InChI=1S/C20H22FN3O5/c1-3-29-20(27)13-5-4-10-23(12-13)19(26)18-16(28-2)11-17(25)24(22-18)15-8-6-14(21)7-9-15/h6-9,11,13H,3-5,10,12H2,1-2H3/t13-/m1/s1. The summed E-state index contributed by atoms with van der Waals surface area (Å²) in [6, 6.07) is 6.34. The van der Waals surface area contributed by atoms with E-state index < -0.39 is 23.2 Å². The quantitative estimate of drug-likeness (QED) is 0.707. The highest BCUT2D eigenvalue weighted by Gasteiger charge is 2.32. The molecule has 0 unspecified atom stereocenters. The zero-order valence-electron chi connectivity index (χ0n) is 16.3. The lowest BCUT2D eigenvalue weighted by Gasteiger charge is -2.31. The van der Waals surface area contributed by atoms with Crippen LogP contribution in [0.5, 0.6) is 5.75 Å². The molecule has 1 aliphatic rings. The maximum absolute atomic E-state index is 13.2. The number of piperidine rings is 1. The van der Waals surface area contributed by atoms with E-state index in [0.29, 0.717) is 25.1 Å². The summed E-state index contributed by atoms with van der Waals surface area (Å²) in [5.41, 5.74) is -0.259. The van der Waals surface area contributed by atoms with Gasteiger partial charge in [0.1, 0.15) is 5.82 Å². The molecule has 1 aliphatic heterocycles. The number of esters is 1. The normalized spacial score (nSPS) is 16.4. The van der Waals surface area contributed by atoms with Gasteiger partial charge in [0.2, 0.25) is 0 Å². The van der Waals surface area contributed by atoms with Crippen LogP contribution in [0.3, 0.4) is 0 Å². The van der Waals surface area contributed by atoms with Gasteiger partial charge in [-0.2, -0.15) is 9.78 Å². The number of nitrogens with zero attached hydrogens (tertiary/aromatic N) is 3. The van der Waals surface area contributed by atoms with E-state index in [0.717, 1.165) is 10.7 Å². The zero-order valence-corrected chi connectivity index (χ0v) is 16.3. The first-order chi connectivity index (χ1) is 13.9. The Morgan fingerprint density at radius 2 is 2.00 bits per heavy atom. The number of aromatic nitrogens is 2. The molecule has 29 heavy (non-hydrogen) atoms. The summed E-state index contributed by atoms with van der Waals surface area (Å²) >= 11 is 0. The summed E-state index contributed by atoms with van der Waals surface area (Å²) in [6.45, 7) is 2.67. The van der Waals surface area contributed by atoms with Crippen molar-refractivity contribution in [3.8, 4) is 11.4 Å². The molecule has 8 nitrogen and oxygen atoms in total. The fourth-order valence-corrected chi connectivity index (χ4v) is 3.28. The van der Waals surface area contributed by atoms with Gasteiger partial charge in [0.15, 0.2) is 11.4 Å². The van der Waals surface area contributed by atoms with E-state index in [4.69, 9.17) is 9.47 Å². The van der Waals surface area contributed by atoms with Crippen molar-refractivity contribution in [2.24, 2.45) is 5.92 Å². The van der Waals surface area contributed by atoms with E-state index in [2.05, 4.69) is 5.10 Å². The molecule has 1 saturated heterocycles. The predicted molar refractivity (Wildman–Crippen MR) is 102 cm³/mol. The molecular weight excluding hydrogens is 381 g/mol. The van der Waals surface area contributed by atoms with Crippen LogP contribution in [0.1, 0.15) is 30.3 Å². The van der Waals surface area contributed by atoms with E-state index in [1.165, 1.54) is 36.3 Å². The first-order valence-corrected chi connectivity index (χ1v) is 9.34. The zero-order chi connectivity index (χ0) is 21.0. The third kappa shape index (κ3) is 4.44. The third-order valence-corrected chi connectivity index (χ3v) is 4.72. The minimum absolute atomic E-state index is 0.0385. The second-order valence-corrected chi connectivity index (χ2v) is 6.63. The first kappa shape index (κ1) is 20.5. The molecule has 0 N–H and O–H groups in total. The molecule has 1 fully saturated rings. The lowest BCUT2D eigenvalue weighted by Crippen LogP contribution is -2.43. The monoisotopic (exact) mass is 403 g/mol. The average molecular weight is 403 g/mol. The SMILES string of the molecule is CCOC(=O)[C@@H]1CCCN(C(=O)c2nn(-c3ccc(F)cc3)c(=O)cc2OC)C1. The number of methoxy groups -OCH3 is 1. The molecule has 1 atom stereocenters. The number of ether oxygens (including phenoxy) is 2. The lowest BCUT2D eigenvalue weighted by atomic mass is 9.98. The van der Waals surface area contributed by atoms with Crippen molar-refractivity contribution in [3.63, 3.8) is 0 Å². The summed E-state index contributed by atoms with van der Waals surface area (Å²) < 4.78 is 24.5. The number of halogens is 1. The van der Waals surface area contributed by atoms with Crippen molar-refractivity contribution in [2.45, 2.75) is 19.8 Å². The molecule has 1 aromatic heterocycles. The van der Waals surface area contributed by atoms with Gasteiger partial charge in [-0.1, -0.05) is 0 Å². The minimum Gasteiger partial charge on any atom is -0.494 e. The molecule has 154 valence electrons. The highest BCUT2D eigenvalue weighted by atomic mass is 19.1. The molecule has 0 radical (unpaired) electrons. The molecule has 9 heteroatoms. The van der Waals surface area contributed by atoms with Crippen LogP contribution < -0.4 is 10.3 Å². The molecule has 2 heterocycles. The third-order valence-electron chi connectivity index (χ3n) is 4.72. The summed E-state index contributed by atoms with van der Waals surface area (Å²) in [6.07, 6.45) is 1.29. The van der Waals surface area contributed by atoms with Gasteiger partial charge in [0, 0.05) is 13.1 Å². The van der Waals surface area contributed by atoms with Crippen molar-refractivity contribution in [2.75, 3.05) is 26.8 Å². The van der Waals surface area contributed by atoms with E-state index in [-0.39, 0.29) is 30.6 Å². The number of benzene rings is 1. The van der Waals surface area contributed by atoms with Gasteiger partial charge in [0.05, 0.1) is 31.4 Å². The number of hydrogen-bond acceptors (Lipinski definition) is 6. The summed E-state index contributed by atoms with van der Waals surface area (Å²) in [4.78, 5) is 39.1. The Labute approximate surface area is 166 Å². The lowest BCUT2D eigenvalue weighted by molar-refractivity contribution is -0.149. The Kier molecular flexibility index (Phi) is 6.26. The van der Waals surface area contributed by atoms with Crippen LogP contribution in [0.4, 0.5) is 4.39 Å². The van der Waals surface area contributed by atoms with E-state index >= 15 is 0 Å². The number of carbonyl (C=O) groups excluding carboxylic acids is 2. The van der Waals surface area contributed by atoms with Crippen LogP contribution in [0, 0.1) is 11.7 Å². The topological polar surface area (TPSA) is 90.7 Å². The van der Waals surface area contributed by atoms with Crippen LogP contribution in [-0.4, -0.2) is 53.4 Å². The summed E-state index contributed by atoms with van der Waals surface area (Å²) in [5.74, 6) is -1.60. The maximum atomic E-state index is 13.2. The second-order valence-electron chi connectivity index (χ2n) is 6.63. The van der Waals surface area contributed by atoms with E-state index in [9.17, 15) is 18.8 Å². The number of carbonyl (C=O) groups is 2. The molecule has 1 aromatic carbocycles. The van der Waals surface area contributed by atoms with Gasteiger partial charge < -0.3 is 14.4 Å². The van der Waals surface area contributed by atoms with Crippen molar-refractivity contribution < 1.29 is 23.5 Å². The van der Waals surface area contributed by atoms with Crippen LogP contribution in [0.2, 0.25) is 0 Å². The Morgan fingerprint density at radius 1 is 1.28 bits per heavy atom. The molecule has 0 bridgehead atoms. The van der Waals surface area contributed by atoms with E-state index in [1.54, 1.807) is 6.92 Å². The predicted octanol–water partition coefficient (Wildman–Crippen LogP) is 1.80. The van der Waals surface area contributed by atoms with Gasteiger partial charge in [-0.15, -0.1) is 0 Å². The highest BCUT2D eigenvalue weighted by molar-refractivity contribution is 5.95. The van der Waals surface area contributed by atoms with Crippen LogP contribution in [0.15, 0.2) is 35.1 Å². The minimum atomic E-state index is -0.520. The largest absolute Gasteiger partial charge is 0.494 e. The smallest absolute Gasteiger partial charge is 0.310 e. The average Bonchev–Trinajstić information content (AvgIpc) is 2.74. The molecule has 2 aromatic rings. The molecule has 0 saturated carbocycles. The maximum Gasteiger partial charge on any atom is 0.310 e. The Bertz CT molecular complexity index is 958. The van der Waals surface area contributed by atoms with Crippen LogP contribution in [-0.2, 0) is 9.53 Å². The van der Waals surface area contributed by atoms with Crippen molar-refractivity contribution >= 4 is 11.9 Å². The highest BCUT2D eigenvalue weighted by Crippen LogP contribution is 2.22. The molecular formula is C20H22FN3O5. The second kappa shape index (κ2) is 8.85. The van der Waals surface area contributed by atoms with Crippen molar-refractivity contribution in [1.82, 2.24) is 14.7 Å². The molecule has 0 spiro atoms. The van der Waals surface area contributed by atoms with Gasteiger partial charge in [-0.05, 0) is 44.0 Å². The Balaban J connectivity index is 1.93. The first-order valence-electron chi connectivity index (χ1n) is 9.34. The molecule has 1 amide bonds. The van der Waals surface area contributed by atoms with Crippen LogP contribution in [0.25, 0.3) is 5.69 Å². The van der Waals surface area contributed by atoms with Crippen LogP contribution >= 0.6 is 0 Å². The molecule has 0 aliphatic carbocycles. The summed E-state index contributed by atoms with van der Waals surface area (Å²) in [7, 11) is 1.34. The Morgan fingerprint density at radius 3 is 2.66 bits per heavy atom. The number of rotatable bonds is 5. The van der Waals surface area contributed by atoms with Gasteiger partial charge in [0.25, 0.3) is 11.5 Å². The molecule has 3 rings (SSSR count). The number of hydrogen-bond donors (Lipinski definition) is 0. The number of amides is 1. The fraction of sp³-hybridized carbons (Fsp3) is 0.400. The van der Waals surface area contributed by atoms with E-state index in [1.807, 2.05) is 0 Å².